The molecule has 0 bridgehead atoms. The van der Waals surface area contributed by atoms with Crippen LogP contribution in [0.4, 0.5) is 0 Å². The molecule has 1 amide bonds. The summed E-state index contributed by atoms with van der Waals surface area (Å²) in [5.74, 6) is 2.19. The lowest BCUT2D eigenvalue weighted by molar-refractivity contribution is -0.131. The van der Waals surface area contributed by atoms with Gasteiger partial charge in [-0.25, -0.2) is 0 Å². The van der Waals surface area contributed by atoms with Crippen molar-refractivity contribution in [3.8, 4) is 12.3 Å². The summed E-state index contributed by atoms with van der Waals surface area (Å²) in [5, 5.41) is 2.65. The molecular weight excluding hydrogens is 290 g/mol. The Morgan fingerprint density at radius 3 is 2.22 bits per heavy atom. The minimum absolute atomic E-state index is 0.0476. The van der Waals surface area contributed by atoms with Gasteiger partial charge >= 0.3 is 0 Å². The van der Waals surface area contributed by atoms with Crippen molar-refractivity contribution >= 4 is 17.5 Å². The molecule has 0 radical (unpaired) electrons. The fraction of sp³-hybridized carbons (Fsp3) is 0.737. The van der Waals surface area contributed by atoms with Crippen LogP contribution in [0.15, 0.2) is 0 Å². The Labute approximate surface area is 140 Å². The minimum Gasteiger partial charge on any atom is -0.346 e. The number of unbranched alkanes of at least 4 members (excludes halogenated alkanes) is 6. The molecule has 0 fully saturated rings. The van der Waals surface area contributed by atoms with E-state index in [2.05, 4.69) is 11.2 Å². The number of amides is 1. The van der Waals surface area contributed by atoms with Gasteiger partial charge < -0.3 is 5.32 Å². The summed E-state index contributed by atoms with van der Waals surface area (Å²) in [6.07, 6.45) is 14.1. The molecule has 4 nitrogen and oxygen atoms in total. The normalized spacial score (nSPS) is 11.5. The summed E-state index contributed by atoms with van der Waals surface area (Å²) in [6, 6.07) is -0.455. The van der Waals surface area contributed by atoms with Crippen molar-refractivity contribution in [2.75, 3.05) is 0 Å². The van der Waals surface area contributed by atoms with Gasteiger partial charge in [-0.3, -0.25) is 14.4 Å². The van der Waals surface area contributed by atoms with E-state index in [0.29, 0.717) is 12.8 Å². The fourth-order valence-corrected chi connectivity index (χ4v) is 2.43. The van der Waals surface area contributed by atoms with Crippen LogP contribution in [0, 0.1) is 12.3 Å². The van der Waals surface area contributed by atoms with Crippen molar-refractivity contribution in [3.05, 3.63) is 0 Å². The Morgan fingerprint density at radius 1 is 1.04 bits per heavy atom. The zero-order valence-corrected chi connectivity index (χ0v) is 14.7. The van der Waals surface area contributed by atoms with E-state index in [1.807, 2.05) is 6.92 Å². The number of nitrogens with one attached hydrogen (secondary N) is 1. The zero-order chi connectivity index (χ0) is 17.5. The van der Waals surface area contributed by atoms with Crippen LogP contribution in [-0.4, -0.2) is 23.5 Å². The van der Waals surface area contributed by atoms with E-state index in [4.69, 9.17) is 6.42 Å². The highest BCUT2D eigenvalue weighted by atomic mass is 16.2. The molecule has 0 heterocycles. The second kappa shape index (κ2) is 14.0. The van der Waals surface area contributed by atoms with Gasteiger partial charge in [0.1, 0.15) is 5.78 Å². The van der Waals surface area contributed by atoms with Crippen molar-refractivity contribution in [2.24, 2.45) is 0 Å². The largest absolute Gasteiger partial charge is 0.346 e. The number of Topliss-reactive ketones (excluding diaryl/α,β-unsaturated/α-hetero) is 2. The quantitative estimate of drug-likeness (QED) is 0.302. The first-order chi connectivity index (χ1) is 11.0. The maximum Gasteiger partial charge on any atom is 0.228 e. The molecule has 1 atom stereocenters. The lowest BCUT2D eigenvalue weighted by atomic mass is 10.0. The van der Waals surface area contributed by atoms with Crippen molar-refractivity contribution in [2.45, 2.75) is 90.5 Å². The highest BCUT2D eigenvalue weighted by Crippen LogP contribution is 2.09. The molecule has 0 aromatic heterocycles. The first kappa shape index (κ1) is 21.4. The van der Waals surface area contributed by atoms with Crippen molar-refractivity contribution in [3.63, 3.8) is 0 Å². The molecule has 0 spiro atoms. The number of ketones is 2. The van der Waals surface area contributed by atoms with E-state index < -0.39 is 6.04 Å². The molecule has 1 N–H and O–H groups in total. The molecule has 0 aliphatic carbocycles. The summed E-state index contributed by atoms with van der Waals surface area (Å²) in [7, 11) is 0. The first-order valence-corrected chi connectivity index (χ1v) is 8.76. The summed E-state index contributed by atoms with van der Waals surface area (Å²) < 4.78 is 0. The first-order valence-electron chi connectivity index (χ1n) is 8.76. The van der Waals surface area contributed by atoms with Crippen LogP contribution in [0.3, 0.4) is 0 Å². The highest BCUT2D eigenvalue weighted by molar-refractivity contribution is 5.99. The van der Waals surface area contributed by atoms with Crippen molar-refractivity contribution < 1.29 is 14.4 Å². The van der Waals surface area contributed by atoms with Crippen LogP contribution in [0.5, 0.6) is 0 Å². The van der Waals surface area contributed by atoms with Gasteiger partial charge in [0.05, 0.1) is 12.5 Å². The SMILES string of the molecule is C#CCCCCCCCCC(=O)CC(=O)NC(CCC)C(C)=O. The van der Waals surface area contributed by atoms with E-state index in [9.17, 15) is 14.4 Å². The van der Waals surface area contributed by atoms with Gasteiger partial charge in [0, 0.05) is 12.8 Å². The predicted molar refractivity (Wildman–Crippen MR) is 92.9 cm³/mol. The van der Waals surface area contributed by atoms with E-state index in [1.54, 1.807) is 0 Å². The maximum atomic E-state index is 11.8. The highest BCUT2D eigenvalue weighted by Gasteiger charge is 2.17. The number of terminal acetylenes is 1. The zero-order valence-electron chi connectivity index (χ0n) is 14.7. The molecule has 0 aliphatic rings. The monoisotopic (exact) mass is 321 g/mol. The third kappa shape index (κ3) is 12.6. The average molecular weight is 321 g/mol. The number of rotatable bonds is 14. The van der Waals surface area contributed by atoms with Gasteiger partial charge in [-0.15, -0.1) is 12.3 Å². The Morgan fingerprint density at radius 2 is 1.65 bits per heavy atom. The average Bonchev–Trinajstić information content (AvgIpc) is 2.49. The Hall–Kier alpha value is -1.63. The van der Waals surface area contributed by atoms with Crippen LogP contribution in [-0.2, 0) is 14.4 Å². The number of hydrogen-bond donors (Lipinski definition) is 1. The van der Waals surface area contributed by atoms with Gasteiger partial charge in [0.15, 0.2) is 5.78 Å². The predicted octanol–water partition coefficient (Wildman–Crippen LogP) is 3.57. The van der Waals surface area contributed by atoms with Gasteiger partial charge in [-0.05, 0) is 26.2 Å². The van der Waals surface area contributed by atoms with E-state index >= 15 is 0 Å². The smallest absolute Gasteiger partial charge is 0.228 e. The molecule has 0 aromatic carbocycles. The van der Waals surface area contributed by atoms with Crippen LogP contribution in [0.25, 0.3) is 0 Å². The standard InChI is InChI=1S/C19H31NO3/c1-4-6-7-8-9-10-11-12-14-17(22)15-19(23)20-18(13-5-2)16(3)21/h1,18H,5-15H2,2-3H3,(H,20,23). The third-order valence-corrected chi connectivity index (χ3v) is 3.79. The molecule has 4 heteroatoms. The third-order valence-electron chi connectivity index (χ3n) is 3.79. The molecule has 23 heavy (non-hydrogen) atoms. The second-order valence-corrected chi connectivity index (χ2v) is 6.06. The Balaban J connectivity index is 3.74. The van der Waals surface area contributed by atoms with E-state index in [1.165, 1.54) is 6.92 Å². The topological polar surface area (TPSA) is 63.2 Å². The summed E-state index contributed by atoms with van der Waals surface area (Å²) >= 11 is 0. The van der Waals surface area contributed by atoms with Gasteiger partial charge in [-0.1, -0.05) is 39.0 Å². The molecule has 1 unspecified atom stereocenters. The number of hydrogen-bond acceptors (Lipinski definition) is 3. The van der Waals surface area contributed by atoms with Gasteiger partial charge in [-0.2, -0.15) is 0 Å². The van der Waals surface area contributed by atoms with Gasteiger partial charge in [0.2, 0.25) is 5.91 Å². The van der Waals surface area contributed by atoms with Crippen LogP contribution in [0.1, 0.15) is 84.5 Å². The maximum absolute atomic E-state index is 11.8. The van der Waals surface area contributed by atoms with E-state index in [0.717, 1.165) is 51.4 Å². The summed E-state index contributed by atoms with van der Waals surface area (Å²) in [4.78, 5) is 34.9. The molecule has 0 aromatic rings. The molecular formula is C19H31NO3. The van der Waals surface area contributed by atoms with Crippen LogP contribution >= 0.6 is 0 Å². The Bertz CT molecular complexity index is 409. The summed E-state index contributed by atoms with van der Waals surface area (Å²) in [5.41, 5.74) is 0. The van der Waals surface area contributed by atoms with Crippen molar-refractivity contribution in [1.29, 1.82) is 0 Å². The molecule has 0 aliphatic heterocycles. The fourth-order valence-electron chi connectivity index (χ4n) is 2.43. The lowest BCUT2D eigenvalue weighted by Gasteiger charge is -2.14. The number of carbonyl (C=O) groups is 3. The summed E-state index contributed by atoms with van der Waals surface area (Å²) in [6.45, 7) is 3.42. The minimum atomic E-state index is -0.455. The van der Waals surface area contributed by atoms with Crippen LogP contribution in [0.2, 0.25) is 0 Å². The Kier molecular flexibility index (Phi) is 13.0. The van der Waals surface area contributed by atoms with Crippen molar-refractivity contribution in [1.82, 2.24) is 5.32 Å². The number of carbonyl (C=O) groups excluding carboxylic acids is 3. The second-order valence-electron chi connectivity index (χ2n) is 6.06. The van der Waals surface area contributed by atoms with Gasteiger partial charge in [0.25, 0.3) is 0 Å². The van der Waals surface area contributed by atoms with E-state index in [-0.39, 0.29) is 23.9 Å². The van der Waals surface area contributed by atoms with Crippen LogP contribution < -0.4 is 5.32 Å². The molecule has 0 rings (SSSR count). The molecule has 130 valence electrons. The molecule has 0 saturated carbocycles. The molecule has 0 saturated heterocycles. The lowest BCUT2D eigenvalue weighted by Crippen LogP contribution is -2.40.